The molecule has 0 saturated carbocycles. The molecule has 1 atom stereocenters. The van der Waals surface area contributed by atoms with Crippen LogP contribution in [0.5, 0.6) is 0 Å². The molecule has 116 valence electrons. The smallest absolute Gasteiger partial charge is 0.226 e. The van der Waals surface area contributed by atoms with Gasteiger partial charge in [0.2, 0.25) is 5.91 Å². The van der Waals surface area contributed by atoms with Crippen LogP contribution in [0, 0.1) is 0 Å². The molecule has 1 N–H and O–H groups in total. The lowest BCUT2D eigenvalue weighted by molar-refractivity contribution is -0.121. The van der Waals surface area contributed by atoms with Crippen molar-refractivity contribution in [3.05, 3.63) is 63.3 Å². The van der Waals surface area contributed by atoms with Gasteiger partial charge in [0.15, 0.2) is 0 Å². The second-order valence-electron chi connectivity index (χ2n) is 5.69. The van der Waals surface area contributed by atoms with Crippen LogP contribution < -0.4 is 5.32 Å². The van der Waals surface area contributed by atoms with E-state index in [0.29, 0.717) is 6.42 Å². The van der Waals surface area contributed by atoms with Crippen molar-refractivity contribution in [3.8, 4) is 10.6 Å². The van der Waals surface area contributed by atoms with Gasteiger partial charge in [0, 0.05) is 16.3 Å². The normalized spacial score (nSPS) is 16.3. The standard InChI is InChI=1S/C18H16N2OS2/c21-17(20-16-6-5-12-3-1-2-4-15(12)16)9-14-11-23-18(19-14)13-7-8-22-10-13/h1-4,7-8,10-11,16H,5-6,9H2,(H,20,21). The van der Waals surface area contributed by atoms with Crippen molar-refractivity contribution in [1.82, 2.24) is 10.3 Å². The van der Waals surface area contributed by atoms with Crippen LogP contribution in [0.4, 0.5) is 0 Å². The number of hydrogen-bond donors (Lipinski definition) is 1. The number of benzene rings is 1. The Hall–Kier alpha value is -1.98. The molecule has 0 spiro atoms. The summed E-state index contributed by atoms with van der Waals surface area (Å²) in [5.41, 5.74) is 4.60. The largest absolute Gasteiger partial charge is 0.349 e. The highest BCUT2D eigenvalue weighted by Gasteiger charge is 2.23. The van der Waals surface area contributed by atoms with Gasteiger partial charge in [0.25, 0.3) is 0 Å². The van der Waals surface area contributed by atoms with Crippen molar-refractivity contribution in [2.75, 3.05) is 0 Å². The van der Waals surface area contributed by atoms with Gasteiger partial charge < -0.3 is 5.32 Å². The topological polar surface area (TPSA) is 42.0 Å². The lowest BCUT2D eigenvalue weighted by atomic mass is 10.1. The van der Waals surface area contributed by atoms with Gasteiger partial charge in [-0.3, -0.25) is 4.79 Å². The zero-order chi connectivity index (χ0) is 15.6. The third-order valence-electron chi connectivity index (χ3n) is 4.13. The molecular weight excluding hydrogens is 324 g/mol. The van der Waals surface area contributed by atoms with E-state index in [9.17, 15) is 4.79 Å². The lowest BCUT2D eigenvalue weighted by Gasteiger charge is -2.13. The fourth-order valence-corrected chi connectivity index (χ4v) is 4.56. The van der Waals surface area contributed by atoms with Crippen LogP contribution in [0.25, 0.3) is 10.6 Å². The highest BCUT2D eigenvalue weighted by atomic mass is 32.1. The molecule has 0 radical (unpaired) electrons. The molecule has 0 bridgehead atoms. The van der Waals surface area contributed by atoms with E-state index < -0.39 is 0 Å². The Morgan fingerprint density at radius 2 is 2.17 bits per heavy atom. The quantitative estimate of drug-likeness (QED) is 0.773. The zero-order valence-electron chi connectivity index (χ0n) is 12.5. The molecule has 3 aromatic rings. The predicted octanol–water partition coefficient (Wildman–Crippen LogP) is 4.22. The predicted molar refractivity (Wildman–Crippen MR) is 94.8 cm³/mol. The third kappa shape index (κ3) is 3.07. The number of carbonyl (C=O) groups is 1. The number of aromatic nitrogens is 1. The zero-order valence-corrected chi connectivity index (χ0v) is 14.1. The highest BCUT2D eigenvalue weighted by molar-refractivity contribution is 7.14. The molecule has 1 aromatic carbocycles. The van der Waals surface area contributed by atoms with Crippen molar-refractivity contribution in [2.24, 2.45) is 0 Å². The number of carbonyl (C=O) groups excluding carboxylic acids is 1. The van der Waals surface area contributed by atoms with Gasteiger partial charge in [-0.25, -0.2) is 4.98 Å². The molecule has 0 saturated heterocycles. The van der Waals surface area contributed by atoms with E-state index in [2.05, 4.69) is 39.9 Å². The Kier molecular flexibility index (Phi) is 3.97. The van der Waals surface area contributed by atoms with Crippen molar-refractivity contribution < 1.29 is 4.79 Å². The summed E-state index contributed by atoms with van der Waals surface area (Å²) < 4.78 is 0. The van der Waals surface area contributed by atoms with Crippen LogP contribution in [0.2, 0.25) is 0 Å². The number of hydrogen-bond acceptors (Lipinski definition) is 4. The number of rotatable bonds is 4. The van der Waals surface area contributed by atoms with Gasteiger partial charge >= 0.3 is 0 Å². The number of nitrogens with one attached hydrogen (secondary N) is 1. The van der Waals surface area contributed by atoms with Gasteiger partial charge in [-0.2, -0.15) is 11.3 Å². The first-order chi connectivity index (χ1) is 11.3. The van der Waals surface area contributed by atoms with E-state index in [-0.39, 0.29) is 11.9 Å². The summed E-state index contributed by atoms with van der Waals surface area (Å²) in [6.45, 7) is 0. The Bertz CT molecular complexity index is 823. The maximum Gasteiger partial charge on any atom is 0.226 e. The summed E-state index contributed by atoms with van der Waals surface area (Å²) in [6, 6.07) is 10.6. The summed E-state index contributed by atoms with van der Waals surface area (Å²) >= 11 is 3.26. The van der Waals surface area contributed by atoms with Crippen LogP contribution >= 0.6 is 22.7 Å². The third-order valence-corrected chi connectivity index (χ3v) is 5.75. The second-order valence-corrected chi connectivity index (χ2v) is 7.33. The minimum Gasteiger partial charge on any atom is -0.349 e. The molecule has 1 unspecified atom stereocenters. The fourth-order valence-electron chi connectivity index (χ4n) is 3.02. The molecule has 1 aliphatic rings. The van der Waals surface area contributed by atoms with Crippen LogP contribution in [0.15, 0.2) is 46.5 Å². The minimum absolute atomic E-state index is 0.0499. The molecular formula is C18H16N2OS2. The molecule has 0 aliphatic heterocycles. The van der Waals surface area contributed by atoms with Gasteiger partial charge in [-0.05, 0) is 35.4 Å². The number of aryl methyl sites for hydroxylation is 1. The number of amides is 1. The summed E-state index contributed by atoms with van der Waals surface area (Å²) in [5.74, 6) is 0.0499. The van der Waals surface area contributed by atoms with Crippen molar-refractivity contribution in [2.45, 2.75) is 25.3 Å². The van der Waals surface area contributed by atoms with Crippen molar-refractivity contribution in [1.29, 1.82) is 0 Å². The Morgan fingerprint density at radius 3 is 3.04 bits per heavy atom. The van der Waals surface area contributed by atoms with E-state index in [4.69, 9.17) is 0 Å². The number of fused-ring (bicyclic) bond motifs is 1. The lowest BCUT2D eigenvalue weighted by Crippen LogP contribution is -2.28. The molecule has 2 aromatic heterocycles. The number of thiophene rings is 1. The Morgan fingerprint density at radius 1 is 1.26 bits per heavy atom. The maximum atomic E-state index is 12.3. The van der Waals surface area contributed by atoms with Crippen molar-refractivity contribution >= 4 is 28.6 Å². The molecule has 23 heavy (non-hydrogen) atoms. The average molecular weight is 340 g/mol. The van der Waals surface area contributed by atoms with Crippen LogP contribution in [-0.2, 0) is 17.6 Å². The minimum atomic E-state index is 0.0499. The summed E-state index contributed by atoms with van der Waals surface area (Å²) in [5, 5.41) is 10.2. The summed E-state index contributed by atoms with van der Waals surface area (Å²) in [6.07, 6.45) is 2.38. The first kappa shape index (κ1) is 14.6. The first-order valence-corrected chi connectivity index (χ1v) is 9.46. The molecule has 0 fully saturated rings. The number of thiazole rings is 1. The van der Waals surface area contributed by atoms with Crippen LogP contribution in [0.3, 0.4) is 0 Å². The van der Waals surface area contributed by atoms with Crippen LogP contribution in [-0.4, -0.2) is 10.9 Å². The Labute approximate surface area is 143 Å². The van der Waals surface area contributed by atoms with Gasteiger partial charge in [0.1, 0.15) is 5.01 Å². The van der Waals surface area contributed by atoms with Gasteiger partial charge in [0.05, 0.1) is 18.2 Å². The second kappa shape index (κ2) is 6.26. The Balaban J connectivity index is 1.41. The van der Waals surface area contributed by atoms with Gasteiger partial charge in [-0.1, -0.05) is 24.3 Å². The van der Waals surface area contributed by atoms with E-state index in [1.807, 2.05) is 16.8 Å². The highest BCUT2D eigenvalue weighted by Crippen LogP contribution is 2.31. The van der Waals surface area contributed by atoms with Crippen LogP contribution in [0.1, 0.15) is 29.3 Å². The molecule has 2 heterocycles. The molecule has 5 heteroatoms. The monoisotopic (exact) mass is 340 g/mol. The van der Waals surface area contributed by atoms with E-state index in [0.717, 1.165) is 29.1 Å². The molecule has 1 aliphatic carbocycles. The fraction of sp³-hybridized carbons (Fsp3) is 0.222. The van der Waals surface area contributed by atoms with E-state index in [1.54, 1.807) is 22.7 Å². The molecule has 3 nitrogen and oxygen atoms in total. The van der Waals surface area contributed by atoms with Crippen molar-refractivity contribution in [3.63, 3.8) is 0 Å². The summed E-state index contributed by atoms with van der Waals surface area (Å²) in [4.78, 5) is 16.9. The maximum absolute atomic E-state index is 12.3. The molecule has 4 rings (SSSR count). The SMILES string of the molecule is O=C(Cc1csc(-c2ccsc2)n1)NC1CCc2ccccc21. The van der Waals surface area contributed by atoms with E-state index >= 15 is 0 Å². The molecule has 1 amide bonds. The van der Waals surface area contributed by atoms with E-state index in [1.165, 1.54) is 11.1 Å². The number of nitrogens with zero attached hydrogens (tertiary/aromatic N) is 1. The first-order valence-electron chi connectivity index (χ1n) is 7.64. The average Bonchev–Trinajstić information content (AvgIpc) is 3.27. The van der Waals surface area contributed by atoms with Gasteiger partial charge in [-0.15, -0.1) is 11.3 Å². The summed E-state index contributed by atoms with van der Waals surface area (Å²) in [7, 11) is 0.